The van der Waals surface area contributed by atoms with Crippen LogP contribution in [0.25, 0.3) is 11.0 Å². The molecule has 0 bridgehead atoms. The minimum absolute atomic E-state index is 0.204. The molecule has 1 atom stereocenters. The summed E-state index contributed by atoms with van der Waals surface area (Å²) in [6, 6.07) is 4.02. The summed E-state index contributed by atoms with van der Waals surface area (Å²) in [5.74, 6) is 1.31. The lowest BCUT2D eigenvalue weighted by atomic mass is 10.3. The van der Waals surface area contributed by atoms with E-state index in [1.165, 1.54) is 0 Å². The summed E-state index contributed by atoms with van der Waals surface area (Å²) in [6.07, 6.45) is 1.08. The van der Waals surface area contributed by atoms with Crippen LogP contribution in [0.1, 0.15) is 19.6 Å². The Hall–Kier alpha value is -1.59. The van der Waals surface area contributed by atoms with Crippen molar-refractivity contribution in [3.8, 4) is 5.88 Å². The van der Waals surface area contributed by atoms with E-state index >= 15 is 0 Å². The molecule has 2 N–H and O–H groups in total. The van der Waals surface area contributed by atoms with Gasteiger partial charge >= 0.3 is 0 Å². The number of fused-ring (bicyclic) bond motifs is 1. The van der Waals surface area contributed by atoms with Crippen molar-refractivity contribution in [1.82, 2.24) is 10.3 Å². The minimum Gasteiger partial charge on any atom is -0.474 e. The summed E-state index contributed by atoms with van der Waals surface area (Å²) in [5, 5.41) is 13.8. The molecule has 1 unspecified atom stereocenters. The Morgan fingerprint density at radius 1 is 1.47 bits per heavy atom. The number of ether oxygens (including phenoxy) is 1. The third kappa shape index (κ3) is 3.68. The molecule has 0 amide bonds. The van der Waals surface area contributed by atoms with Crippen LogP contribution >= 0.6 is 0 Å². The van der Waals surface area contributed by atoms with Crippen molar-refractivity contribution in [2.24, 2.45) is 0 Å². The van der Waals surface area contributed by atoms with Gasteiger partial charge in [0.25, 0.3) is 0 Å². The molecule has 0 radical (unpaired) electrons. The number of nitrogens with one attached hydrogen (secondary N) is 1. The molecule has 0 saturated carbocycles. The molecule has 0 aliphatic carbocycles. The molecular weight excluding hydrogens is 244 g/mol. The Morgan fingerprint density at radius 3 is 3.00 bits per heavy atom. The molecule has 0 aromatic carbocycles. The van der Waals surface area contributed by atoms with Crippen LogP contribution in [0.4, 0.5) is 0 Å². The molecule has 2 rings (SSSR count). The maximum atomic E-state index is 9.80. The number of aromatic nitrogens is 1. The Balaban J connectivity index is 1.97. The van der Waals surface area contributed by atoms with Gasteiger partial charge in [-0.05, 0) is 13.0 Å². The molecular formula is C14H20N2O3. The van der Waals surface area contributed by atoms with Crippen LogP contribution in [-0.2, 0) is 0 Å². The molecule has 5 nitrogen and oxygen atoms in total. The third-order valence-electron chi connectivity index (χ3n) is 2.71. The minimum atomic E-state index is -0.563. The first-order valence-corrected chi connectivity index (χ1v) is 6.45. The lowest BCUT2D eigenvalue weighted by molar-refractivity contribution is 0.103. The molecule has 2 heterocycles. The van der Waals surface area contributed by atoms with Gasteiger partial charge in [0.1, 0.15) is 24.1 Å². The summed E-state index contributed by atoms with van der Waals surface area (Å²) < 4.78 is 11.1. The van der Waals surface area contributed by atoms with E-state index in [-0.39, 0.29) is 6.61 Å². The lowest BCUT2D eigenvalue weighted by Gasteiger charge is -2.14. The number of hydrogen-bond acceptors (Lipinski definition) is 5. The summed E-state index contributed by atoms with van der Waals surface area (Å²) >= 11 is 0. The van der Waals surface area contributed by atoms with Gasteiger partial charge in [0.05, 0.1) is 5.39 Å². The van der Waals surface area contributed by atoms with E-state index in [0.29, 0.717) is 18.5 Å². The number of aryl methyl sites for hydroxylation is 1. The van der Waals surface area contributed by atoms with E-state index in [0.717, 1.165) is 16.7 Å². The molecule has 2 aromatic heterocycles. The molecule has 0 aliphatic rings. The van der Waals surface area contributed by atoms with Crippen molar-refractivity contribution in [3.05, 3.63) is 24.1 Å². The fraction of sp³-hybridized carbons (Fsp3) is 0.500. The second kappa shape index (κ2) is 6.04. The topological polar surface area (TPSA) is 67.5 Å². The van der Waals surface area contributed by atoms with Crippen LogP contribution in [0.3, 0.4) is 0 Å². The number of rotatable bonds is 6. The summed E-state index contributed by atoms with van der Waals surface area (Å²) in [5.41, 5.74) is 0.747. The van der Waals surface area contributed by atoms with Gasteiger partial charge in [0.2, 0.25) is 5.88 Å². The van der Waals surface area contributed by atoms with Crippen LogP contribution in [0.2, 0.25) is 0 Å². The van der Waals surface area contributed by atoms with E-state index in [4.69, 9.17) is 9.15 Å². The van der Waals surface area contributed by atoms with Gasteiger partial charge in [-0.2, -0.15) is 0 Å². The van der Waals surface area contributed by atoms with Crippen LogP contribution in [-0.4, -0.2) is 35.4 Å². The SMILES string of the molecule is Cc1cc2c(OCC(O)CNC(C)C)nccc2o1. The third-order valence-corrected chi connectivity index (χ3v) is 2.71. The average Bonchev–Trinajstić information content (AvgIpc) is 2.74. The van der Waals surface area contributed by atoms with Crippen LogP contribution in [0, 0.1) is 6.92 Å². The number of aliphatic hydroxyl groups excluding tert-OH is 1. The van der Waals surface area contributed by atoms with Gasteiger partial charge in [-0.3, -0.25) is 0 Å². The second-order valence-electron chi connectivity index (χ2n) is 4.91. The summed E-state index contributed by atoms with van der Waals surface area (Å²) in [7, 11) is 0. The smallest absolute Gasteiger partial charge is 0.224 e. The average molecular weight is 264 g/mol. The zero-order chi connectivity index (χ0) is 13.8. The van der Waals surface area contributed by atoms with E-state index < -0.39 is 6.10 Å². The zero-order valence-corrected chi connectivity index (χ0v) is 11.5. The fourth-order valence-electron chi connectivity index (χ4n) is 1.79. The first kappa shape index (κ1) is 13.8. The number of pyridine rings is 1. The molecule has 0 saturated heterocycles. The van der Waals surface area contributed by atoms with Crippen molar-refractivity contribution in [2.75, 3.05) is 13.2 Å². The van der Waals surface area contributed by atoms with Crippen LogP contribution in [0.15, 0.2) is 22.7 Å². The van der Waals surface area contributed by atoms with Gasteiger partial charge in [-0.15, -0.1) is 0 Å². The lowest BCUT2D eigenvalue weighted by Crippen LogP contribution is -2.35. The molecule has 0 aliphatic heterocycles. The standard InChI is InChI=1S/C14H20N2O3/c1-9(2)16-7-11(17)8-18-14-12-6-10(3)19-13(12)4-5-15-14/h4-6,9,11,16-17H,7-8H2,1-3H3. The molecule has 0 fully saturated rings. The maximum Gasteiger partial charge on any atom is 0.224 e. The Morgan fingerprint density at radius 2 is 2.26 bits per heavy atom. The van der Waals surface area contributed by atoms with Gasteiger partial charge in [0.15, 0.2) is 0 Å². The Bertz CT molecular complexity index is 536. The highest BCUT2D eigenvalue weighted by molar-refractivity contribution is 5.82. The molecule has 0 spiro atoms. The second-order valence-corrected chi connectivity index (χ2v) is 4.91. The molecule has 104 valence electrons. The summed E-state index contributed by atoms with van der Waals surface area (Å²) in [6.45, 7) is 6.65. The van der Waals surface area contributed by atoms with E-state index in [9.17, 15) is 5.11 Å². The van der Waals surface area contributed by atoms with Gasteiger partial charge in [-0.25, -0.2) is 4.98 Å². The number of furan rings is 1. The van der Waals surface area contributed by atoms with E-state index in [1.54, 1.807) is 12.3 Å². The van der Waals surface area contributed by atoms with Crippen molar-refractivity contribution in [2.45, 2.75) is 32.9 Å². The first-order valence-electron chi connectivity index (χ1n) is 6.45. The Kier molecular flexibility index (Phi) is 4.39. The highest BCUT2D eigenvalue weighted by Crippen LogP contribution is 2.26. The maximum absolute atomic E-state index is 9.80. The Labute approximate surface area is 112 Å². The molecule has 19 heavy (non-hydrogen) atoms. The monoisotopic (exact) mass is 264 g/mol. The zero-order valence-electron chi connectivity index (χ0n) is 11.5. The van der Waals surface area contributed by atoms with E-state index in [2.05, 4.69) is 10.3 Å². The van der Waals surface area contributed by atoms with Crippen molar-refractivity contribution in [3.63, 3.8) is 0 Å². The number of nitrogens with zero attached hydrogens (tertiary/aromatic N) is 1. The number of hydrogen-bond donors (Lipinski definition) is 2. The fourth-order valence-corrected chi connectivity index (χ4v) is 1.79. The van der Waals surface area contributed by atoms with Crippen LogP contribution < -0.4 is 10.1 Å². The van der Waals surface area contributed by atoms with E-state index in [1.807, 2.05) is 26.8 Å². The normalized spacial score (nSPS) is 13.1. The highest BCUT2D eigenvalue weighted by atomic mass is 16.5. The van der Waals surface area contributed by atoms with Crippen molar-refractivity contribution in [1.29, 1.82) is 0 Å². The molecule has 5 heteroatoms. The van der Waals surface area contributed by atoms with Crippen molar-refractivity contribution >= 4 is 11.0 Å². The van der Waals surface area contributed by atoms with Gasteiger partial charge in [-0.1, -0.05) is 13.8 Å². The quantitative estimate of drug-likeness (QED) is 0.833. The van der Waals surface area contributed by atoms with Crippen molar-refractivity contribution < 1.29 is 14.3 Å². The number of aliphatic hydroxyl groups is 1. The predicted molar refractivity (Wildman–Crippen MR) is 73.4 cm³/mol. The van der Waals surface area contributed by atoms with Crippen LogP contribution in [0.5, 0.6) is 5.88 Å². The largest absolute Gasteiger partial charge is 0.474 e. The summed E-state index contributed by atoms with van der Waals surface area (Å²) in [4.78, 5) is 4.17. The predicted octanol–water partition coefficient (Wildman–Crippen LogP) is 1.87. The highest BCUT2D eigenvalue weighted by Gasteiger charge is 2.11. The first-order chi connectivity index (χ1) is 9.06. The van der Waals surface area contributed by atoms with Gasteiger partial charge in [0, 0.05) is 24.8 Å². The molecule has 2 aromatic rings. The van der Waals surface area contributed by atoms with Gasteiger partial charge < -0.3 is 19.6 Å².